The summed E-state index contributed by atoms with van der Waals surface area (Å²) in [5.74, 6) is 0.333. The molecule has 0 saturated carbocycles. The van der Waals surface area contributed by atoms with E-state index in [1.165, 1.54) is 5.56 Å². The zero-order valence-electron chi connectivity index (χ0n) is 16.4. The van der Waals surface area contributed by atoms with Crippen molar-refractivity contribution in [3.8, 4) is 0 Å². The molecular formula is C25H23NO4. The van der Waals surface area contributed by atoms with Crippen LogP contribution in [0.1, 0.15) is 38.3 Å². The minimum Gasteiger partial charge on any atom is -0.465 e. The smallest absolute Gasteiger partial charge is 0.402 e. The monoisotopic (exact) mass is 401 g/mol. The van der Waals surface area contributed by atoms with E-state index in [0.29, 0.717) is 12.2 Å². The maximum atomic E-state index is 11.7. The summed E-state index contributed by atoms with van der Waals surface area (Å²) in [5.41, 5.74) is 7.93. The molecule has 0 bridgehead atoms. The predicted molar refractivity (Wildman–Crippen MR) is 118 cm³/mol. The maximum absolute atomic E-state index is 11.7. The van der Waals surface area contributed by atoms with Crippen molar-refractivity contribution in [2.24, 2.45) is 5.73 Å². The fourth-order valence-electron chi connectivity index (χ4n) is 2.83. The Kier molecular flexibility index (Phi) is 8.74. The number of nitrogens with two attached hydrogens (primary N) is 1. The number of Topliss-reactive ketones (excluding diaryl/α,β-unsaturated/α-hetero) is 1. The first-order chi connectivity index (χ1) is 14.5. The normalized spacial score (nSPS) is 11.5. The molecule has 1 aliphatic carbocycles. The van der Waals surface area contributed by atoms with Crippen LogP contribution in [0.5, 0.6) is 0 Å². The molecule has 152 valence electrons. The van der Waals surface area contributed by atoms with Crippen LogP contribution in [0, 0.1) is 0 Å². The fraction of sp³-hybridized carbons (Fsp3) is 0.0800. The minimum atomic E-state index is -1.33. The van der Waals surface area contributed by atoms with Gasteiger partial charge in [-0.15, -0.1) is 0 Å². The van der Waals surface area contributed by atoms with Gasteiger partial charge < -0.3 is 10.8 Å². The number of fused-ring (bicyclic) bond motifs is 1. The number of hydrogen-bond acceptors (Lipinski definition) is 3. The summed E-state index contributed by atoms with van der Waals surface area (Å²) in [6.07, 6.45) is 3.74. The SMILES string of the molecule is NC(=O)O.O=C(/C=C/c1ccccc1)c1ccccc1.O=C1CCc2ccccc21. The fourth-order valence-corrected chi connectivity index (χ4v) is 2.83. The quantitative estimate of drug-likeness (QED) is 0.475. The maximum Gasteiger partial charge on any atom is 0.402 e. The van der Waals surface area contributed by atoms with Crippen molar-refractivity contribution in [1.29, 1.82) is 0 Å². The number of carbonyl (C=O) groups is 3. The average molecular weight is 401 g/mol. The molecule has 5 nitrogen and oxygen atoms in total. The highest BCUT2D eigenvalue weighted by molar-refractivity contribution is 6.06. The predicted octanol–water partition coefficient (Wildman–Crippen LogP) is 5.02. The number of aryl methyl sites for hydroxylation is 1. The van der Waals surface area contributed by atoms with Crippen molar-refractivity contribution in [2.75, 3.05) is 0 Å². The topological polar surface area (TPSA) is 97.5 Å². The Morgan fingerprint density at radius 1 is 0.800 bits per heavy atom. The van der Waals surface area contributed by atoms with Crippen molar-refractivity contribution < 1.29 is 19.5 Å². The summed E-state index contributed by atoms with van der Waals surface area (Å²) < 4.78 is 0. The number of carbonyl (C=O) groups excluding carboxylic acids is 2. The molecule has 4 rings (SSSR count). The van der Waals surface area contributed by atoms with Gasteiger partial charge in [-0.3, -0.25) is 9.59 Å². The van der Waals surface area contributed by atoms with Crippen LogP contribution >= 0.6 is 0 Å². The zero-order valence-corrected chi connectivity index (χ0v) is 16.4. The van der Waals surface area contributed by atoms with Crippen LogP contribution in [0.25, 0.3) is 6.08 Å². The van der Waals surface area contributed by atoms with E-state index in [9.17, 15) is 9.59 Å². The third-order valence-electron chi connectivity index (χ3n) is 4.22. The lowest BCUT2D eigenvalue weighted by Crippen LogP contribution is -2.03. The lowest BCUT2D eigenvalue weighted by molar-refractivity contribution is 0.0993. The second-order valence-corrected chi connectivity index (χ2v) is 6.39. The van der Waals surface area contributed by atoms with Gasteiger partial charge in [0.2, 0.25) is 0 Å². The van der Waals surface area contributed by atoms with Gasteiger partial charge in [-0.25, -0.2) is 4.79 Å². The van der Waals surface area contributed by atoms with Gasteiger partial charge in [-0.05, 0) is 23.6 Å². The average Bonchev–Trinajstić information content (AvgIpc) is 3.15. The third kappa shape index (κ3) is 7.56. The number of benzene rings is 3. The molecule has 0 unspecified atom stereocenters. The molecule has 0 heterocycles. The van der Waals surface area contributed by atoms with Crippen molar-refractivity contribution in [3.63, 3.8) is 0 Å². The number of rotatable bonds is 3. The van der Waals surface area contributed by atoms with E-state index >= 15 is 0 Å². The van der Waals surface area contributed by atoms with Crippen LogP contribution in [-0.4, -0.2) is 22.8 Å². The van der Waals surface area contributed by atoms with Gasteiger partial charge in [-0.1, -0.05) is 91.0 Å². The number of primary amides is 1. The Morgan fingerprint density at radius 3 is 1.93 bits per heavy atom. The van der Waals surface area contributed by atoms with E-state index in [1.807, 2.05) is 91.0 Å². The first-order valence-electron chi connectivity index (χ1n) is 9.39. The van der Waals surface area contributed by atoms with Crippen molar-refractivity contribution >= 4 is 23.7 Å². The molecule has 5 heteroatoms. The Labute approximate surface area is 175 Å². The van der Waals surface area contributed by atoms with Crippen LogP contribution in [-0.2, 0) is 6.42 Å². The molecule has 1 amide bonds. The van der Waals surface area contributed by atoms with E-state index in [1.54, 1.807) is 6.08 Å². The Bertz CT molecular complexity index is 1010. The molecule has 0 aromatic heterocycles. The van der Waals surface area contributed by atoms with E-state index < -0.39 is 6.09 Å². The Hall–Kier alpha value is -3.99. The summed E-state index contributed by atoms with van der Waals surface area (Å²) in [6, 6.07) is 26.9. The lowest BCUT2D eigenvalue weighted by Gasteiger charge is -1.94. The van der Waals surface area contributed by atoms with Gasteiger partial charge in [0.05, 0.1) is 0 Å². The molecule has 1 aliphatic rings. The number of ketones is 2. The summed E-state index contributed by atoms with van der Waals surface area (Å²) in [5, 5.41) is 7.19. The Morgan fingerprint density at radius 2 is 1.33 bits per heavy atom. The minimum absolute atomic E-state index is 0.0319. The van der Waals surface area contributed by atoms with Crippen LogP contribution in [0.4, 0.5) is 4.79 Å². The van der Waals surface area contributed by atoms with Crippen molar-refractivity contribution in [1.82, 2.24) is 0 Å². The van der Waals surface area contributed by atoms with Crippen LogP contribution in [0.2, 0.25) is 0 Å². The molecule has 0 fully saturated rings. The van der Waals surface area contributed by atoms with Gasteiger partial charge in [-0.2, -0.15) is 0 Å². The third-order valence-corrected chi connectivity index (χ3v) is 4.22. The van der Waals surface area contributed by atoms with Crippen molar-refractivity contribution in [2.45, 2.75) is 12.8 Å². The van der Waals surface area contributed by atoms with E-state index in [0.717, 1.165) is 23.1 Å². The highest BCUT2D eigenvalue weighted by Gasteiger charge is 2.17. The first kappa shape index (κ1) is 22.3. The number of amides is 1. The van der Waals surface area contributed by atoms with Crippen LogP contribution < -0.4 is 5.73 Å². The van der Waals surface area contributed by atoms with Gasteiger partial charge >= 0.3 is 6.09 Å². The Balaban J connectivity index is 0.000000194. The van der Waals surface area contributed by atoms with Gasteiger partial charge in [0.1, 0.15) is 0 Å². The molecule has 0 saturated heterocycles. The lowest BCUT2D eigenvalue weighted by atomic mass is 10.1. The standard InChI is InChI=1S/C15H12O.C9H8O.CH3NO2/c16-15(14-9-5-2-6-10-14)12-11-13-7-3-1-4-8-13;10-9-6-5-7-3-1-2-4-8(7)9;2-1(3)4/h1-12H;1-4H,5-6H2;2H2,(H,3,4)/b12-11+;;. The zero-order chi connectivity index (χ0) is 21.8. The van der Waals surface area contributed by atoms with Crippen LogP contribution in [0.15, 0.2) is 91.0 Å². The number of hydrogen-bond donors (Lipinski definition) is 2. The number of carboxylic acid groups (broad SMARTS) is 1. The first-order valence-corrected chi connectivity index (χ1v) is 9.39. The largest absolute Gasteiger partial charge is 0.465 e. The summed E-state index contributed by atoms with van der Waals surface area (Å²) in [6.45, 7) is 0. The highest BCUT2D eigenvalue weighted by Crippen LogP contribution is 2.20. The second kappa shape index (κ2) is 11.8. The number of allylic oxidation sites excluding steroid dienone is 1. The summed E-state index contributed by atoms with van der Waals surface area (Å²) in [7, 11) is 0. The van der Waals surface area contributed by atoms with Crippen LogP contribution in [0.3, 0.4) is 0 Å². The molecule has 3 aromatic rings. The van der Waals surface area contributed by atoms with Gasteiger partial charge in [0, 0.05) is 17.5 Å². The van der Waals surface area contributed by atoms with E-state index in [2.05, 4.69) is 5.73 Å². The molecule has 0 atom stereocenters. The van der Waals surface area contributed by atoms with Gasteiger partial charge in [0.25, 0.3) is 0 Å². The second-order valence-electron chi connectivity index (χ2n) is 6.39. The molecular weight excluding hydrogens is 378 g/mol. The summed E-state index contributed by atoms with van der Waals surface area (Å²) in [4.78, 5) is 31.6. The molecule has 0 spiro atoms. The van der Waals surface area contributed by atoms with Gasteiger partial charge in [0.15, 0.2) is 11.6 Å². The van der Waals surface area contributed by atoms with E-state index in [-0.39, 0.29) is 5.78 Å². The molecule has 30 heavy (non-hydrogen) atoms. The molecule has 0 aliphatic heterocycles. The molecule has 3 N–H and O–H groups in total. The van der Waals surface area contributed by atoms with Crippen molar-refractivity contribution in [3.05, 3.63) is 113 Å². The summed E-state index contributed by atoms with van der Waals surface area (Å²) >= 11 is 0. The molecule has 0 radical (unpaired) electrons. The molecule has 3 aromatic carbocycles. The highest BCUT2D eigenvalue weighted by atomic mass is 16.4. The van der Waals surface area contributed by atoms with E-state index in [4.69, 9.17) is 9.90 Å².